The van der Waals surface area contributed by atoms with Gasteiger partial charge in [0.15, 0.2) is 0 Å². The minimum atomic E-state index is 0.367. The van der Waals surface area contributed by atoms with E-state index in [-0.39, 0.29) is 0 Å². The SMILES string of the molecule is CCC=NC1C=CC(C2C=CC=CC2)=CC1. The van der Waals surface area contributed by atoms with Crippen LogP contribution in [0.1, 0.15) is 26.2 Å². The van der Waals surface area contributed by atoms with Crippen molar-refractivity contribution in [1.82, 2.24) is 0 Å². The van der Waals surface area contributed by atoms with E-state index in [4.69, 9.17) is 0 Å². The lowest BCUT2D eigenvalue weighted by atomic mass is 9.88. The fourth-order valence-electron chi connectivity index (χ4n) is 2.08. The highest BCUT2D eigenvalue weighted by atomic mass is 14.8. The fraction of sp³-hybridized carbons (Fsp3) is 0.400. The Morgan fingerprint density at radius 3 is 2.88 bits per heavy atom. The summed E-state index contributed by atoms with van der Waals surface area (Å²) in [4.78, 5) is 4.49. The predicted molar refractivity (Wildman–Crippen MR) is 70.8 cm³/mol. The number of nitrogens with zero attached hydrogens (tertiary/aromatic N) is 1. The molecule has 0 heterocycles. The minimum Gasteiger partial charge on any atom is -0.290 e. The van der Waals surface area contributed by atoms with Crippen LogP contribution in [0.2, 0.25) is 0 Å². The highest BCUT2D eigenvalue weighted by Gasteiger charge is 2.13. The molecule has 0 amide bonds. The largest absolute Gasteiger partial charge is 0.290 e. The van der Waals surface area contributed by atoms with E-state index in [1.165, 1.54) is 5.57 Å². The van der Waals surface area contributed by atoms with E-state index < -0.39 is 0 Å². The van der Waals surface area contributed by atoms with Crippen molar-refractivity contribution in [2.24, 2.45) is 10.9 Å². The van der Waals surface area contributed by atoms with Crippen LogP contribution >= 0.6 is 0 Å². The number of hydrogen-bond acceptors (Lipinski definition) is 1. The zero-order chi connectivity index (χ0) is 11.2. The molecule has 0 fully saturated rings. The molecule has 0 aliphatic heterocycles. The maximum Gasteiger partial charge on any atom is 0.0713 e. The summed E-state index contributed by atoms with van der Waals surface area (Å²) in [6.07, 6.45) is 20.8. The van der Waals surface area contributed by atoms with Crippen LogP contribution in [-0.2, 0) is 0 Å². The van der Waals surface area contributed by atoms with E-state index in [1.807, 2.05) is 6.21 Å². The van der Waals surface area contributed by atoms with Crippen LogP contribution in [0, 0.1) is 5.92 Å². The summed E-state index contributed by atoms with van der Waals surface area (Å²) in [6, 6.07) is 0.367. The Balaban J connectivity index is 1.94. The van der Waals surface area contributed by atoms with Gasteiger partial charge >= 0.3 is 0 Å². The molecule has 2 atom stereocenters. The van der Waals surface area contributed by atoms with Gasteiger partial charge in [0.25, 0.3) is 0 Å². The molecule has 0 aromatic carbocycles. The van der Waals surface area contributed by atoms with Crippen LogP contribution in [0.4, 0.5) is 0 Å². The highest BCUT2D eigenvalue weighted by Crippen LogP contribution is 2.25. The monoisotopic (exact) mass is 213 g/mol. The van der Waals surface area contributed by atoms with Crippen LogP contribution in [0.15, 0.2) is 53.1 Å². The predicted octanol–water partition coefficient (Wildman–Crippen LogP) is 3.85. The zero-order valence-corrected chi connectivity index (χ0v) is 9.84. The molecule has 1 nitrogen and oxygen atoms in total. The maximum absolute atomic E-state index is 4.49. The van der Waals surface area contributed by atoms with Crippen molar-refractivity contribution < 1.29 is 0 Å². The third kappa shape index (κ3) is 2.82. The number of aliphatic imine (C=N–C) groups is 1. The Labute approximate surface area is 98.0 Å². The molecule has 0 saturated heterocycles. The van der Waals surface area contributed by atoms with Crippen LogP contribution in [-0.4, -0.2) is 12.3 Å². The molecular formula is C15H19N. The molecule has 2 aliphatic carbocycles. The molecule has 0 bridgehead atoms. The molecule has 0 N–H and O–H groups in total. The lowest BCUT2D eigenvalue weighted by Crippen LogP contribution is -2.08. The van der Waals surface area contributed by atoms with Gasteiger partial charge in [0, 0.05) is 5.92 Å². The van der Waals surface area contributed by atoms with Crippen LogP contribution in [0.5, 0.6) is 0 Å². The molecule has 2 rings (SSSR count). The van der Waals surface area contributed by atoms with Gasteiger partial charge in [0.2, 0.25) is 0 Å². The first kappa shape index (κ1) is 11.1. The molecule has 2 aliphatic rings. The van der Waals surface area contributed by atoms with Gasteiger partial charge in [0.1, 0.15) is 0 Å². The highest BCUT2D eigenvalue weighted by molar-refractivity contribution is 5.57. The van der Waals surface area contributed by atoms with Crippen molar-refractivity contribution in [3.8, 4) is 0 Å². The van der Waals surface area contributed by atoms with E-state index >= 15 is 0 Å². The second kappa shape index (κ2) is 5.64. The van der Waals surface area contributed by atoms with Crippen molar-refractivity contribution in [1.29, 1.82) is 0 Å². The van der Waals surface area contributed by atoms with Crippen molar-refractivity contribution in [3.63, 3.8) is 0 Å². The third-order valence-corrected chi connectivity index (χ3v) is 2.99. The van der Waals surface area contributed by atoms with Crippen LogP contribution < -0.4 is 0 Å². The molecule has 2 unspecified atom stereocenters. The summed E-state index contributed by atoms with van der Waals surface area (Å²) in [7, 11) is 0. The fourth-order valence-corrected chi connectivity index (χ4v) is 2.08. The van der Waals surface area contributed by atoms with Crippen LogP contribution in [0.25, 0.3) is 0 Å². The molecular weight excluding hydrogens is 194 g/mol. The second-order valence-electron chi connectivity index (χ2n) is 4.26. The maximum atomic E-state index is 4.49. The van der Waals surface area contributed by atoms with E-state index in [0.717, 1.165) is 19.3 Å². The molecule has 0 aromatic rings. The average molecular weight is 213 g/mol. The first-order valence-electron chi connectivity index (χ1n) is 6.13. The molecule has 0 radical (unpaired) electrons. The van der Waals surface area contributed by atoms with Crippen molar-refractivity contribution in [2.45, 2.75) is 32.2 Å². The standard InChI is InChI=1S/C15H19N/c1-2-12-16-15-10-8-14(9-11-15)13-6-4-3-5-7-13/h3-6,8-10,12-13,15H,2,7,11H2,1H3. The van der Waals surface area contributed by atoms with Gasteiger partial charge in [0.05, 0.1) is 6.04 Å². The Bertz CT molecular complexity index is 369. The van der Waals surface area contributed by atoms with Crippen molar-refractivity contribution >= 4 is 6.21 Å². The molecule has 1 heteroatoms. The minimum absolute atomic E-state index is 0.367. The third-order valence-electron chi connectivity index (χ3n) is 2.99. The molecule has 84 valence electrons. The Hall–Kier alpha value is -1.37. The topological polar surface area (TPSA) is 12.4 Å². The van der Waals surface area contributed by atoms with Gasteiger partial charge in [-0.05, 0) is 31.1 Å². The van der Waals surface area contributed by atoms with Gasteiger partial charge < -0.3 is 0 Å². The molecule has 0 saturated carbocycles. The summed E-state index contributed by atoms with van der Waals surface area (Å²) in [5, 5.41) is 0. The van der Waals surface area contributed by atoms with Crippen molar-refractivity contribution in [2.75, 3.05) is 0 Å². The average Bonchev–Trinajstić information content (AvgIpc) is 2.38. The van der Waals surface area contributed by atoms with E-state index in [1.54, 1.807) is 0 Å². The number of hydrogen-bond donors (Lipinski definition) is 0. The van der Waals surface area contributed by atoms with Gasteiger partial charge in [-0.15, -0.1) is 0 Å². The summed E-state index contributed by atoms with van der Waals surface area (Å²) >= 11 is 0. The number of rotatable bonds is 3. The van der Waals surface area contributed by atoms with E-state index in [0.29, 0.717) is 12.0 Å². The Kier molecular flexibility index (Phi) is 3.92. The summed E-state index contributed by atoms with van der Waals surface area (Å²) < 4.78 is 0. The van der Waals surface area contributed by atoms with Crippen molar-refractivity contribution in [3.05, 3.63) is 48.1 Å². The first-order chi connectivity index (χ1) is 7.90. The van der Waals surface area contributed by atoms with Gasteiger partial charge in [-0.1, -0.05) is 49.5 Å². The summed E-state index contributed by atoms with van der Waals surface area (Å²) in [5.41, 5.74) is 1.45. The molecule has 0 aromatic heterocycles. The number of allylic oxidation sites excluding steroid dienone is 6. The van der Waals surface area contributed by atoms with E-state index in [2.05, 4.69) is 54.4 Å². The molecule has 16 heavy (non-hydrogen) atoms. The summed E-state index contributed by atoms with van der Waals surface area (Å²) in [6.45, 7) is 2.12. The van der Waals surface area contributed by atoms with E-state index in [9.17, 15) is 0 Å². The lowest BCUT2D eigenvalue weighted by molar-refractivity contribution is 0.745. The second-order valence-corrected chi connectivity index (χ2v) is 4.26. The Morgan fingerprint density at radius 2 is 2.25 bits per heavy atom. The van der Waals surface area contributed by atoms with Gasteiger partial charge in [-0.2, -0.15) is 0 Å². The normalized spacial score (nSPS) is 28.7. The molecule has 0 spiro atoms. The van der Waals surface area contributed by atoms with Gasteiger partial charge in [-0.3, -0.25) is 4.99 Å². The summed E-state index contributed by atoms with van der Waals surface area (Å²) in [5.74, 6) is 0.581. The van der Waals surface area contributed by atoms with Gasteiger partial charge in [-0.25, -0.2) is 0 Å². The zero-order valence-electron chi connectivity index (χ0n) is 9.84. The lowest BCUT2D eigenvalue weighted by Gasteiger charge is -2.19. The Morgan fingerprint density at radius 1 is 1.31 bits per heavy atom. The van der Waals surface area contributed by atoms with Crippen LogP contribution in [0.3, 0.4) is 0 Å². The smallest absolute Gasteiger partial charge is 0.0713 e. The first-order valence-corrected chi connectivity index (χ1v) is 6.13. The quantitative estimate of drug-likeness (QED) is 0.631.